The van der Waals surface area contributed by atoms with Crippen LogP contribution in [0, 0.1) is 0 Å². The van der Waals surface area contributed by atoms with Crippen molar-refractivity contribution in [3.8, 4) is 5.75 Å². The highest BCUT2D eigenvalue weighted by Gasteiger charge is 2.29. The number of benzene rings is 1. The van der Waals surface area contributed by atoms with Gasteiger partial charge in [-0.15, -0.1) is 11.3 Å². The number of thiophene rings is 1. The highest BCUT2D eigenvalue weighted by Crippen LogP contribution is 2.37. The van der Waals surface area contributed by atoms with E-state index in [9.17, 15) is 18.0 Å². The zero-order valence-corrected chi connectivity index (χ0v) is 21.2. The van der Waals surface area contributed by atoms with E-state index in [1.54, 1.807) is 24.3 Å². The maximum Gasteiger partial charge on any atom is 0.324 e. The van der Waals surface area contributed by atoms with Crippen LogP contribution < -0.4 is 20.1 Å². The summed E-state index contributed by atoms with van der Waals surface area (Å²) in [6.07, 6.45) is 0. The van der Waals surface area contributed by atoms with Crippen molar-refractivity contribution >= 4 is 55.6 Å². The third-order valence-electron chi connectivity index (χ3n) is 4.96. The Morgan fingerprint density at radius 2 is 1.91 bits per heavy atom. The zero-order chi connectivity index (χ0) is 24.4. The van der Waals surface area contributed by atoms with Crippen LogP contribution in [0.1, 0.15) is 36.0 Å². The molecule has 12 heteroatoms. The molecule has 1 fully saturated rings. The van der Waals surface area contributed by atoms with E-state index in [4.69, 9.17) is 16.3 Å². The second-order valence-electron chi connectivity index (χ2n) is 8.54. The summed E-state index contributed by atoms with van der Waals surface area (Å²) >= 11 is 7.43. The molecular weight excluding hydrogens is 488 g/mol. The minimum atomic E-state index is -3.40. The zero-order valence-electron chi connectivity index (χ0n) is 18.8. The molecule has 1 aliphatic heterocycles. The number of ether oxygens (including phenoxy) is 1. The fourth-order valence-electron chi connectivity index (χ4n) is 3.15. The summed E-state index contributed by atoms with van der Waals surface area (Å²) < 4.78 is 31.2. The van der Waals surface area contributed by atoms with E-state index in [-0.39, 0.29) is 36.7 Å². The van der Waals surface area contributed by atoms with Crippen molar-refractivity contribution in [2.24, 2.45) is 0 Å². The summed E-state index contributed by atoms with van der Waals surface area (Å²) in [4.78, 5) is 28.4. The molecule has 3 amide bonds. The largest absolute Gasteiger partial charge is 0.495 e. The molecule has 0 bridgehead atoms. The van der Waals surface area contributed by atoms with Gasteiger partial charge < -0.3 is 15.0 Å². The van der Waals surface area contributed by atoms with Crippen LogP contribution >= 0.6 is 22.9 Å². The molecule has 2 aromatic rings. The fourth-order valence-corrected chi connectivity index (χ4v) is 5.51. The Morgan fingerprint density at radius 3 is 2.55 bits per heavy atom. The lowest BCUT2D eigenvalue weighted by atomic mass is 9.94. The van der Waals surface area contributed by atoms with Crippen LogP contribution in [0.15, 0.2) is 24.3 Å². The number of nitrogens with one attached hydrogen (secondary N) is 3. The van der Waals surface area contributed by atoms with Crippen LogP contribution in [0.5, 0.6) is 5.75 Å². The van der Waals surface area contributed by atoms with E-state index in [1.807, 2.05) is 20.8 Å². The lowest BCUT2D eigenvalue weighted by molar-refractivity contribution is 0.0773. The molecule has 0 saturated carbocycles. The number of nitrogens with zero attached hydrogens (tertiary/aromatic N) is 1. The van der Waals surface area contributed by atoms with E-state index < -0.39 is 16.1 Å². The van der Waals surface area contributed by atoms with Gasteiger partial charge in [0, 0.05) is 30.2 Å². The van der Waals surface area contributed by atoms with Gasteiger partial charge in [0.15, 0.2) is 0 Å². The van der Waals surface area contributed by atoms with Crippen molar-refractivity contribution in [2.75, 3.05) is 43.1 Å². The molecule has 0 atom stereocenters. The predicted octanol–water partition coefficient (Wildman–Crippen LogP) is 3.73. The van der Waals surface area contributed by atoms with Gasteiger partial charge in [0.05, 0.1) is 23.4 Å². The lowest BCUT2D eigenvalue weighted by Crippen LogP contribution is -2.35. The SMILES string of the molecule is COc1ccc(NC(=O)Nc2sc(C(C)(C)C)cc2C(=O)N2CCNS(=O)(=O)CC2)cc1Cl. The summed E-state index contributed by atoms with van der Waals surface area (Å²) in [5, 5.41) is 6.20. The molecule has 0 unspecified atom stereocenters. The maximum atomic E-state index is 13.3. The van der Waals surface area contributed by atoms with Gasteiger partial charge in [0.2, 0.25) is 10.0 Å². The number of methoxy groups -OCH3 is 1. The van der Waals surface area contributed by atoms with Crippen molar-refractivity contribution in [2.45, 2.75) is 26.2 Å². The lowest BCUT2D eigenvalue weighted by Gasteiger charge is -2.19. The summed E-state index contributed by atoms with van der Waals surface area (Å²) in [5.74, 6) is -0.0165. The number of carbonyl (C=O) groups excluding carboxylic acids is 2. The standard InChI is InChI=1S/C21H27ClN4O5S2/c1-21(2,3)17-12-14(19(27)26-8-7-23-33(29,30)10-9-26)18(32-17)25-20(28)24-13-5-6-16(31-4)15(22)11-13/h5-6,11-12,23H,7-10H2,1-4H3,(H2,24,25,28). The predicted molar refractivity (Wildman–Crippen MR) is 131 cm³/mol. The molecule has 1 aliphatic rings. The third kappa shape index (κ3) is 6.38. The van der Waals surface area contributed by atoms with Crippen LogP contribution in [0.25, 0.3) is 0 Å². The fraction of sp³-hybridized carbons (Fsp3) is 0.429. The number of sulfonamides is 1. The van der Waals surface area contributed by atoms with Gasteiger partial charge in [-0.05, 0) is 29.7 Å². The van der Waals surface area contributed by atoms with E-state index in [2.05, 4.69) is 15.4 Å². The number of urea groups is 1. The number of rotatable bonds is 4. The summed E-state index contributed by atoms with van der Waals surface area (Å²) in [5.41, 5.74) is 0.540. The number of halogens is 1. The van der Waals surface area contributed by atoms with Crippen molar-refractivity contribution in [1.82, 2.24) is 9.62 Å². The molecular formula is C21H27ClN4O5S2. The number of amides is 3. The Balaban J connectivity index is 1.83. The molecule has 0 radical (unpaired) electrons. The summed E-state index contributed by atoms with van der Waals surface area (Å²) in [6, 6.07) is 6.08. The molecule has 1 aromatic carbocycles. The minimum Gasteiger partial charge on any atom is -0.495 e. The first kappa shape index (κ1) is 25.3. The number of hydrogen-bond donors (Lipinski definition) is 3. The normalized spacial score (nSPS) is 16.1. The minimum absolute atomic E-state index is 0.0743. The van der Waals surface area contributed by atoms with Gasteiger partial charge in [-0.1, -0.05) is 32.4 Å². The number of hydrogen-bond acceptors (Lipinski definition) is 6. The van der Waals surface area contributed by atoms with Crippen LogP contribution in [-0.2, 0) is 15.4 Å². The third-order valence-corrected chi connectivity index (χ3v) is 8.09. The van der Waals surface area contributed by atoms with E-state index >= 15 is 0 Å². The highest BCUT2D eigenvalue weighted by atomic mass is 35.5. The maximum absolute atomic E-state index is 13.3. The molecule has 3 rings (SSSR count). The Bertz CT molecular complexity index is 1160. The van der Waals surface area contributed by atoms with Crippen molar-refractivity contribution in [3.05, 3.63) is 39.7 Å². The first-order valence-electron chi connectivity index (χ1n) is 10.2. The molecule has 3 N–H and O–H groups in total. The summed E-state index contributed by atoms with van der Waals surface area (Å²) in [6.45, 7) is 6.50. The average molecular weight is 515 g/mol. The van der Waals surface area contributed by atoms with Crippen LogP contribution in [0.3, 0.4) is 0 Å². The molecule has 1 saturated heterocycles. The second-order valence-corrected chi connectivity index (χ2v) is 11.9. The molecule has 9 nitrogen and oxygen atoms in total. The Kier molecular flexibility index (Phi) is 7.57. The Morgan fingerprint density at radius 1 is 1.18 bits per heavy atom. The van der Waals surface area contributed by atoms with Crippen LogP contribution in [0.2, 0.25) is 5.02 Å². The van der Waals surface area contributed by atoms with Crippen molar-refractivity contribution in [1.29, 1.82) is 0 Å². The first-order chi connectivity index (χ1) is 15.4. The van der Waals surface area contributed by atoms with Gasteiger partial charge in [0.25, 0.3) is 5.91 Å². The van der Waals surface area contributed by atoms with Gasteiger partial charge in [-0.25, -0.2) is 17.9 Å². The van der Waals surface area contributed by atoms with E-state index in [0.29, 0.717) is 27.0 Å². The summed E-state index contributed by atoms with van der Waals surface area (Å²) in [7, 11) is -1.90. The quantitative estimate of drug-likeness (QED) is 0.574. The first-order valence-corrected chi connectivity index (χ1v) is 13.1. The number of anilines is 2. The van der Waals surface area contributed by atoms with Gasteiger partial charge >= 0.3 is 6.03 Å². The van der Waals surface area contributed by atoms with Crippen LogP contribution in [-0.4, -0.2) is 57.8 Å². The molecule has 2 heterocycles. The smallest absolute Gasteiger partial charge is 0.324 e. The van der Waals surface area contributed by atoms with Crippen molar-refractivity contribution in [3.63, 3.8) is 0 Å². The highest BCUT2D eigenvalue weighted by molar-refractivity contribution is 7.89. The topological polar surface area (TPSA) is 117 Å². The van der Waals surface area contributed by atoms with Crippen LogP contribution in [0.4, 0.5) is 15.5 Å². The second kappa shape index (κ2) is 9.88. The number of carbonyl (C=O) groups is 2. The van der Waals surface area contributed by atoms with E-state index in [1.165, 1.54) is 23.3 Å². The molecule has 0 spiro atoms. The molecule has 0 aliphatic carbocycles. The Hall–Kier alpha value is -2.34. The van der Waals surface area contributed by atoms with Gasteiger partial charge in [-0.3, -0.25) is 10.1 Å². The van der Waals surface area contributed by atoms with Gasteiger partial charge in [0.1, 0.15) is 10.8 Å². The van der Waals surface area contributed by atoms with Crippen molar-refractivity contribution < 1.29 is 22.7 Å². The monoisotopic (exact) mass is 514 g/mol. The Labute approximate surface area is 202 Å². The molecule has 1 aromatic heterocycles. The molecule has 33 heavy (non-hydrogen) atoms. The van der Waals surface area contributed by atoms with Gasteiger partial charge in [-0.2, -0.15) is 0 Å². The molecule has 180 valence electrons. The average Bonchev–Trinajstić information content (AvgIpc) is 3.05. The van der Waals surface area contributed by atoms with E-state index in [0.717, 1.165) is 4.88 Å².